The summed E-state index contributed by atoms with van der Waals surface area (Å²) in [6.07, 6.45) is -4.46. The lowest BCUT2D eigenvalue weighted by Crippen LogP contribution is -2.48. The second-order valence-electron chi connectivity index (χ2n) is 7.08. The van der Waals surface area contributed by atoms with Crippen LogP contribution in [0.25, 0.3) is 11.4 Å². The van der Waals surface area contributed by atoms with Gasteiger partial charge in [0.2, 0.25) is 21.7 Å². The molecule has 0 bridgehead atoms. The molecule has 0 aliphatic carbocycles. The first kappa shape index (κ1) is 21.5. The summed E-state index contributed by atoms with van der Waals surface area (Å²) in [6, 6.07) is 13.0. The van der Waals surface area contributed by atoms with E-state index in [4.69, 9.17) is 4.52 Å². The molecule has 3 aromatic rings. The van der Waals surface area contributed by atoms with Crippen molar-refractivity contribution in [1.82, 2.24) is 19.3 Å². The van der Waals surface area contributed by atoms with Gasteiger partial charge >= 0.3 is 6.18 Å². The fourth-order valence-electron chi connectivity index (χ4n) is 3.33. The molecular formula is C20H19F3N4O3S. The number of sulfonamides is 1. The molecule has 2 heterocycles. The Labute approximate surface area is 177 Å². The summed E-state index contributed by atoms with van der Waals surface area (Å²) in [7, 11) is -3.54. The molecule has 4 rings (SSSR count). The molecular weight excluding hydrogens is 433 g/mol. The zero-order valence-corrected chi connectivity index (χ0v) is 17.1. The third-order valence-electron chi connectivity index (χ3n) is 4.99. The fourth-order valence-corrected chi connectivity index (χ4v) is 4.78. The van der Waals surface area contributed by atoms with Crippen LogP contribution in [0.1, 0.15) is 11.5 Å². The molecule has 1 aromatic heterocycles. The Kier molecular flexibility index (Phi) is 5.82. The van der Waals surface area contributed by atoms with E-state index in [1.807, 2.05) is 4.90 Å². The number of aromatic nitrogens is 2. The first-order chi connectivity index (χ1) is 14.7. The van der Waals surface area contributed by atoms with Gasteiger partial charge in [-0.25, -0.2) is 8.42 Å². The van der Waals surface area contributed by atoms with Gasteiger partial charge in [0.1, 0.15) is 0 Å². The standard InChI is InChI=1S/C20H19F3N4O3S/c21-20(22,23)16-6-4-5-15(13-16)19-24-18(30-25-19)14-26-9-11-27(12-10-26)31(28,29)17-7-2-1-3-8-17/h1-8,13H,9-12,14H2. The summed E-state index contributed by atoms with van der Waals surface area (Å²) in [5.74, 6) is 0.332. The Morgan fingerprint density at radius 2 is 1.68 bits per heavy atom. The van der Waals surface area contributed by atoms with Gasteiger partial charge in [-0.2, -0.15) is 22.5 Å². The van der Waals surface area contributed by atoms with Gasteiger partial charge in [-0.1, -0.05) is 35.5 Å². The molecule has 0 unspecified atom stereocenters. The van der Waals surface area contributed by atoms with Gasteiger partial charge in [0.25, 0.3) is 0 Å². The topological polar surface area (TPSA) is 79.5 Å². The first-order valence-corrected chi connectivity index (χ1v) is 11.0. The molecule has 164 valence electrons. The van der Waals surface area contributed by atoms with E-state index in [1.54, 1.807) is 30.3 Å². The smallest absolute Gasteiger partial charge is 0.338 e. The average molecular weight is 452 g/mol. The van der Waals surface area contributed by atoms with Gasteiger partial charge in [-0.05, 0) is 24.3 Å². The van der Waals surface area contributed by atoms with Gasteiger partial charge < -0.3 is 4.52 Å². The number of nitrogens with zero attached hydrogens (tertiary/aromatic N) is 4. The summed E-state index contributed by atoms with van der Waals surface area (Å²) in [6.45, 7) is 1.84. The quantitative estimate of drug-likeness (QED) is 0.591. The molecule has 0 radical (unpaired) electrons. The predicted molar refractivity (Wildman–Crippen MR) is 105 cm³/mol. The lowest BCUT2D eigenvalue weighted by molar-refractivity contribution is -0.137. The summed E-state index contributed by atoms with van der Waals surface area (Å²) in [5.41, 5.74) is -0.573. The molecule has 31 heavy (non-hydrogen) atoms. The number of hydrogen-bond acceptors (Lipinski definition) is 6. The van der Waals surface area contributed by atoms with Crippen LogP contribution in [0.4, 0.5) is 13.2 Å². The minimum absolute atomic E-state index is 0.0754. The lowest BCUT2D eigenvalue weighted by Gasteiger charge is -2.33. The number of halogens is 3. The van der Waals surface area contributed by atoms with Crippen molar-refractivity contribution in [3.63, 3.8) is 0 Å². The normalized spacial score (nSPS) is 16.5. The van der Waals surface area contributed by atoms with E-state index in [0.29, 0.717) is 26.2 Å². The minimum atomic E-state index is -4.46. The highest BCUT2D eigenvalue weighted by Gasteiger charge is 2.31. The van der Waals surface area contributed by atoms with Crippen LogP contribution in [0.3, 0.4) is 0 Å². The lowest BCUT2D eigenvalue weighted by atomic mass is 10.1. The van der Waals surface area contributed by atoms with Crippen molar-refractivity contribution in [1.29, 1.82) is 0 Å². The Bertz CT molecular complexity index is 1140. The van der Waals surface area contributed by atoms with Crippen LogP contribution in [-0.2, 0) is 22.7 Å². The maximum atomic E-state index is 12.9. The molecule has 7 nitrogen and oxygen atoms in total. The van der Waals surface area contributed by atoms with E-state index in [9.17, 15) is 21.6 Å². The molecule has 2 aromatic carbocycles. The van der Waals surface area contributed by atoms with Crippen LogP contribution >= 0.6 is 0 Å². The molecule has 0 N–H and O–H groups in total. The maximum Gasteiger partial charge on any atom is 0.416 e. The Morgan fingerprint density at radius 1 is 0.968 bits per heavy atom. The van der Waals surface area contributed by atoms with Crippen molar-refractivity contribution in [2.45, 2.75) is 17.6 Å². The minimum Gasteiger partial charge on any atom is -0.338 e. The van der Waals surface area contributed by atoms with Gasteiger partial charge in [0, 0.05) is 31.7 Å². The molecule has 1 saturated heterocycles. The van der Waals surface area contributed by atoms with Crippen LogP contribution in [0.2, 0.25) is 0 Å². The van der Waals surface area contributed by atoms with Gasteiger partial charge in [0.05, 0.1) is 17.0 Å². The van der Waals surface area contributed by atoms with E-state index in [-0.39, 0.29) is 28.7 Å². The van der Waals surface area contributed by atoms with Crippen molar-refractivity contribution in [2.75, 3.05) is 26.2 Å². The zero-order valence-electron chi connectivity index (χ0n) is 16.3. The SMILES string of the molecule is O=S(=O)(c1ccccc1)N1CCN(Cc2nc(-c3cccc(C(F)(F)F)c3)no2)CC1. The molecule has 1 fully saturated rings. The summed E-state index contributed by atoms with van der Waals surface area (Å²) in [5, 5.41) is 3.78. The molecule has 11 heteroatoms. The number of rotatable bonds is 5. The monoisotopic (exact) mass is 452 g/mol. The highest BCUT2D eigenvalue weighted by Crippen LogP contribution is 2.31. The zero-order chi connectivity index (χ0) is 22.1. The third kappa shape index (κ3) is 4.78. The Morgan fingerprint density at radius 3 is 2.35 bits per heavy atom. The van der Waals surface area contributed by atoms with E-state index in [2.05, 4.69) is 10.1 Å². The maximum absolute atomic E-state index is 12.9. The first-order valence-electron chi connectivity index (χ1n) is 9.51. The van der Waals surface area contributed by atoms with Crippen molar-refractivity contribution in [2.24, 2.45) is 0 Å². The number of benzene rings is 2. The van der Waals surface area contributed by atoms with Crippen molar-refractivity contribution < 1.29 is 26.1 Å². The molecule has 1 aliphatic rings. The second kappa shape index (κ2) is 8.40. The molecule has 0 atom stereocenters. The van der Waals surface area contributed by atoms with Gasteiger partial charge in [-0.15, -0.1) is 0 Å². The summed E-state index contributed by atoms with van der Waals surface area (Å²) in [4.78, 5) is 6.41. The van der Waals surface area contributed by atoms with Gasteiger partial charge in [0.15, 0.2) is 0 Å². The fraction of sp³-hybridized carbons (Fsp3) is 0.300. The van der Waals surface area contributed by atoms with Crippen LogP contribution < -0.4 is 0 Å². The van der Waals surface area contributed by atoms with Crippen LogP contribution in [0.15, 0.2) is 64.0 Å². The van der Waals surface area contributed by atoms with Crippen LogP contribution in [-0.4, -0.2) is 53.9 Å². The van der Waals surface area contributed by atoms with E-state index in [0.717, 1.165) is 12.1 Å². The molecule has 0 amide bonds. The largest absolute Gasteiger partial charge is 0.416 e. The van der Waals surface area contributed by atoms with E-state index < -0.39 is 21.8 Å². The van der Waals surface area contributed by atoms with Crippen molar-refractivity contribution in [3.8, 4) is 11.4 Å². The highest BCUT2D eigenvalue weighted by molar-refractivity contribution is 7.89. The predicted octanol–water partition coefficient (Wildman–Crippen LogP) is 3.26. The molecule has 0 spiro atoms. The molecule has 0 saturated carbocycles. The Hall–Kier alpha value is -2.76. The van der Waals surface area contributed by atoms with Crippen molar-refractivity contribution >= 4 is 10.0 Å². The average Bonchev–Trinajstić information content (AvgIpc) is 3.23. The van der Waals surface area contributed by atoms with Crippen LogP contribution in [0.5, 0.6) is 0 Å². The number of hydrogen-bond donors (Lipinski definition) is 0. The van der Waals surface area contributed by atoms with E-state index in [1.165, 1.54) is 16.4 Å². The Balaban J connectivity index is 1.39. The summed E-state index contributed by atoms with van der Waals surface area (Å²) >= 11 is 0. The second-order valence-corrected chi connectivity index (χ2v) is 9.02. The highest BCUT2D eigenvalue weighted by atomic mass is 32.2. The number of alkyl halides is 3. The molecule has 1 aliphatic heterocycles. The van der Waals surface area contributed by atoms with Crippen molar-refractivity contribution in [3.05, 3.63) is 66.1 Å². The van der Waals surface area contributed by atoms with E-state index >= 15 is 0 Å². The van der Waals surface area contributed by atoms with Crippen LogP contribution in [0, 0.1) is 0 Å². The third-order valence-corrected chi connectivity index (χ3v) is 6.90. The van der Waals surface area contributed by atoms with Gasteiger partial charge in [-0.3, -0.25) is 4.90 Å². The number of piperazine rings is 1. The summed E-state index contributed by atoms with van der Waals surface area (Å²) < 4.78 is 70.7.